The fraction of sp³-hybridized carbons (Fsp3) is 0.471. The van der Waals surface area contributed by atoms with Crippen molar-refractivity contribution in [2.24, 2.45) is 0 Å². The highest BCUT2D eigenvalue weighted by Gasteiger charge is 2.20. The lowest BCUT2D eigenvalue weighted by molar-refractivity contribution is 0.186. The maximum Gasteiger partial charge on any atom is 0.305 e. The lowest BCUT2D eigenvalue weighted by Crippen LogP contribution is -2.32. The number of nitrogens with one attached hydrogen (secondary N) is 1. The molecule has 1 aliphatic rings. The van der Waals surface area contributed by atoms with E-state index in [1.54, 1.807) is 0 Å². The number of aromatic nitrogens is 1. The molecule has 2 aromatic rings. The number of thiazole rings is 1. The molecule has 0 saturated heterocycles. The van der Waals surface area contributed by atoms with Crippen LogP contribution >= 0.6 is 22.9 Å². The van der Waals surface area contributed by atoms with Gasteiger partial charge in [-0.1, -0.05) is 54.3 Å². The minimum atomic E-state index is 0.0111. The van der Waals surface area contributed by atoms with Gasteiger partial charge in [-0.15, -0.1) is 0 Å². The van der Waals surface area contributed by atoms with Gasteiger partial charge in [0.05, 0.1) is 5.69 Å². The van der Waals surface area contributed by atoms with E-state index in [4.69, 9.17) is 11.6 Å². The summed E-state index contributed by atoms with van der Waals surface area (Å²) < 4.78 is 0. The van der Waals surface area contributed by atoms with Crippen LogP contribution < -0.4 is 4.87 Å². The molecule has 0 bridgehead atoms. The predicted molar refractivity (Wildman–Crippen MR) is 93.7 cm³/mol. The fourth-order valence-corrected chi connectivity index (χ4v) is 4.24. The van der Waals surface area contributed by atoms with Gasteiger partial charge in [0.2, 0.25) is 0 Å². The topological polar surface area (TPSA) is 36.1 Å². The number of rotatable bonds is 4. The molecule has 0 spiro atoms. The molecule has 0 radical (unpaired) electrons. The Bertz CT molecular complexity index is 671. The molecule has 22 heavy (non-hydrogen) atoms. The van der Waals surface area contributed by atoms with E-state index in [-0.39, 0.29) is 4.87 Å². The standard InChI is InChI=1S/C17H21ClN2OS/c1-20(14-5-3-2-4-6-14)11-15-16(19-17(21)22-15)12-7-9-13(18)10-8-12/h7-10,14H,2-6,11H2,1H3,(H,19,21). The maximum atomic E-state index is 11.8. The molecule has 0 unspecified atom stereocenters. The van der Waals surface area contributed by atoms with Gasteiger partial charge in [-0.2, -0.15) is 0 Å². The van der Waals surface area contributed by atoms with Gasteiger partial charge in [0.15, 0.2) is 0 Å². The van der Waals surface area contributed by atoms with Gasteiger partial charge in [0, 0.05) is 22.5 Å². The van der Waals surface area contributed by atoms with Crippen LogP contribution in [-0.4, -0.2) is 23.0 Å². The first-order chi connectivity index (χ1) is 10.6. The molecule has 118 valence electrons. The highest BCUT2D eigenvalue weighted by Crippen LogP contribution is 2.28. The van der Waals surface area contributed by atoms with E-state index < -0.39 is 0 Å². The Balaban J connectivity index is 1.81. The van der Waals surface area contributed by atoms with E-state index in [9.17, 15) is 4.79 Å². The molecule has 0 aliphatic heterocycles. The van der Waals surface area contributed by atoms with Crippen LogP contribution in [0, 0.1) is 0 Å². The molecular weight excluding hydrogens is 316 g/mol. The Morgan fingerprint density at radius 2 is 1.91 bits per heavy atom. The van der Waals surface area contributed by atoms with Crippen LogP contribution in [0.25, 0.3) is 11.3 Å². The second-order valence-electron chi connectivity index (χ2n) is 6.03. The Morgan fingerprint density at radius 1 is 1.23 bits per heavy atom. The third-order valence-electron chi connectivity index (χ3n) is 4.45. The van der Waals surface area contributed by atoms with E-state index in [1.807, 2.05) is 24.3 Å². The average Bonchev–Trinajstić information content (AvgIpc) is 2.89. The highest BCUT2D eigenvalue weighted by atomic mass is 35.5. The number of hydrogen-bond acceptors (Lipinski definition) is 3. The molecule has 1 saturated carbocycles. The first-order valence-electron chi connectivity index (χ1n) is 7.81. The zero-order valence-electron chi connectivity index (χ0n) is 12.8. The summed E-state index contributed by atoms with van der Waals surface area (Å²) in [6, 6.07) is 8.29. The normalized spacial score (nSPS) is 16.3. The predicted octanol–water partition coefficient (Wildman–Crippen LogP) is 4.52. The third-order valence-corrected chi connectivity index (χ3v) is 5.56. The van der Waals surface area contributed by atoms with Crippen molar-refractivity contribution in [2.75, 3.05) is 7.05 Å². The number of nitrogens with zero attached hydrogens (tertiary/aromatic N) is 1. The Kier molecular flexibility index (Phi) is 5.01. The molecule has 3 nitrogen and oxygen atoms in total. The van der Waals surface area contributed by atoms with Crippen LogP contribution in [0.5, 0.6) is 0 Å². The van der Waals surface area contributed by atoms with Crippen molar-refractivity contribution in [2.45, 2.75) is 44.7 Å². The van der Waals surface area contributed by atoms with Gasteiger partial charge < -0.3 is 4.98 Å². The lowest BCUT2D eigenvalue weighted by atomic mass is 9.94. The number of halogens is 1. The summed E-state index contributed by atoms with van der Waals surface area (Å²) in [7, 11) is 2.17. The molecule has 1 aliphatic carbocycles. The van der Waals surface area contributed by atoms with E-state index in [2.05, 4.69) is 16.9 Å². The molecule has 1 aromatic carbocycles. The van der Waals surface area contributed by atoms with Crippen LogP contribution in [0.1, 0.15) is 37.0 Å². The zero-order valence-corrected chi connectivity index (χ0v) is 14.3. The second kappa shape index (κ2) is 6.99. The summed E-state index contributed by atoms with van der Waals surface area (Å²) in [4.78, 5) is 18.3. The van der Waals surface area contributed by atoms with Gasteiger partial charge in [-0.3, -0.25) is 9.69 Å². The minimum Gasteiger partial charge on any atom is -0.312 e. The largest absolute Gasteiger partial charge is 0.312 e. The summed E-state index contributed by atoms with van der Waals surface area (Å²) in [5.41, 5.74) is 1.96. The van der Waals surface area contributed by atoms with E-state index >= 15 is 0 Å². The number of H-pyrrole nitrogens is 1. The Labute approximate surface area is 139 Å². The summed E-state index contributed by atoms with van der Waals surface area (Å²) >= 11 is 7.27. The van der Waals surface area contributed by atoms with Gasteiger partial charge >= 0.3 is 4.87 Å². The van der Waals surface area contributed by atoms with Crippen molar-refractivity contribution in [1.29, 1.82) is 0 Å². The van der Waals surface area contributed by atoms with E-state index in [1.165, 1.54) is 43.4 Å². The van der Waals surface area contributed by atoms with Crippen LogP contribution in [0.2, 0.25) is 5.02 Å². The second-order valence-corrected chi connectivity index (χ2v) is 7.53. The van der Waals surface area contributed by atoms with Crippen molar-refractivity contribution >= 4 is 22.9 Å². The van der Waals surface area contributed by atoms with Crippen molar-refractivity contribution < 1.29 is 0 Å². The van der Waals surface area contributed by atoms with Crippen LogP contribution in [0.3, 0.4) is 0 Å². The summed E-state index contributed by atoms with van der Waals surface area (Å²) in [5.74, 6) is 0. The monoisotopic (exact) mass is 336 g/mol. The third kappa shape index (κ3) is 3.62. The van der Waals surface area contributed by atoms with E-state index in [0.29, 0.717) is 11.1 Å². The first-order valence-corrected chi connectivity index (χ1v) is 9.01. The molecule has 1 aromatic heterocycles. The van der Waals surface area contributed by atoms with Crippen LogP contribution in [-0.2, 0) is 6.54 Å². The molecule has 1 N–H and O–H groups in total. The molecule has 1 fully saturated rings. The van der Waals surface area contributed by atoms with E-state index in [0.717, 1.165) is 22.7 Å². The SMILES string of the molecule is CN(Cc1sc(=O)[nH]c1-c1ccc(Cl)cc1)C1CCCCC1. The summed E-state index contributed by atoms with van der Waals surface area (Å²) in [6.07, 6.45) is 6.54. The van der Waals surface area contributed by atoms with Crippen LogP contribution in [0.4, 0.5) is 0 Å². The Hall–Kier alpha value is -1.10. The average molecular weight is 337 g/mol. The smallest absolute Gasteiger partial charge is 0.305 e. The van der Waals surface area contributed by atoms with Gasteiger partial charge in [-0.05, 0) is 37.6 Å². The lowest BCUT2D eigenvalue weighted by Gasteiger charge is -2.30. The van der Waals surface area contributed by atoms with Crippen molar-refractivity contribution in [3.8, 4) is 11.3 Å². The molecule has 0 atom stereocenters. The zero-order chi connectivity index (χ0) is 15.5. The maximum absolute atomic E-state index is 11.8. The summed E-state index contributed by atoms with van der Waals surface area (Å²) in [6.45, 7) is 0.825. The Morgan fingerprint density at radius 3 is 2.59 bits per heavy atom. The van der Waals surface area contributed by atoms with Gasteiger partial charge in [0.25, 0.3) is 0 Å². The first kappa shape index (κ1) is 15.8. The van der Waals surface area contributed by atoms with Gasteiger partial charge in [-0.25, -0.2) is 0 Å². The molecule has 5 heteroatoms. The quantitative estimate of drug-likeness (QED) is 0.891. The number of benzene rings is 1. The van der Waals surface area contributed by atoms with Crippen LogP contribution in [0.15, 0.2) is 29.1 Å². The van der Waals surface area contributed by atoms with Crippen molar-refractivity contribution in [3.05, 3.63) is 43.8 Å². The molecule has 3 rings (SSSR count). The van der Waals surface area contributed by atoms with Crippen molar-refractivity contribution in [1.82, 2.24) is 9.88 Å². The van der Waals surface area contributed by atoms with Crippen molar-refractivity contribution in [3.63, 3.8) is 0 Å². The van der Waals surface area contributed by atoms with Gasteiger partial charge in [0.1, 0.15) is 0 Å². The number of aromatic amines is 1. The number of hydrogen-bond donors (Lipinski definition) is 1. The highest BCUT2D eigenvalue weighted by molar-refractivity contribution is 7.09. The molecule has 0 amide bonds. The summed E-state index contributed by atoms with van der Waals surface area (Å²) in [5, 5.41) is 0.710. The molecular formula is C17H21ClN2OS. The molecule has 1 heterocycles. The fourth-order valence-electron chi connectivity index (χ4n) is 3.20. The minimum absolute atomic E-state index is 0.0111.